The molecule has 0 saturated heterocycles. The molecule has 0 fully saturated rings. The third-order valence-electron chi connectivity index (χ3n) is 4.67. The number of aryl methyl sites for hydroxylation is 1. The Morgan fingerprint density at radius 1 is 1.11 bits per heavy atom. The molecule has 3 rings (SSSR count). The van der Waals surface area contributed by atoms with E-state index >= 15 is 0 Å². The summed E-state index contributed by atoms with van der Waals surface area (Å²) in [7, 11) is 1.65. The molecule has 0 aliphatic carbocycles. The van der Waals surface area contributed by atoms with Crippen molar-refractivity contribution in [3.63, 3.8) is 0 Å². The third kappa shape index (κ3) is 5.12. The van der Waals surface area contributed by atoms with Gasteiger partial charge >= 0.3 is 0 Å². The maximum atomic E-state index is 13.1. The summed E-state index contributed by atoms with van der Waals surface area (Å²) in [5.41, 5.74) is 4.25. The molecular weight excluding hydrogens is 416 g/mol. The van der Waals surface area contributed by atoms with Gasteiger partial charge in [0, 0.05) is 36.6 Å². The largest absolute Gasteiger partial charge is 0.383 e. The second-order valence-electron chi connectivity index (χ2n) is 6.82. The van der Waals surface area contributed by atoms with E-state index in [1.54, 1.807) is 7.11 Å². The van der Waals surface area contributed by atoms with Crippen LogP contribution >= 0.6 is 15.9 Å². The fourth-order valence-electron chi connectivity index (χ4n) is 3.21. The van der Waals surface area contributed by atoms with Gasteiger partial charge in [-0.1, -0.05) is 42.0 Å². The second-order valence-corrected chi connectivity index (χ2v) is 7.67. The predicted molar refractivity (Wildman–Crippen MR) is 115 cm³/mol. The molecular formula is C23H25BrN2O2. The van der Waals surface area contributed by atoms with E-state index in [1.165, 1.54) is 11.1 Å². The lowest BCUT2D eigenvalue weighted by Crippen LogP contribution is -2.34. The minimum absolute atomic E-state index is 0.00664. The van der Waals surface area contributed by atoms with E-state index in [4.69, 9.17) is 4.74 Å². The Morgan fingerprint density at radius 3 is 2.68 bits per heavy atom. The number of benzene rings is 2. The highest BCUT2D eigenvalue weighted by molar-refractivity contribution is 9.10. The molecule has 146 valence electrons. The Morgan fingerprint density at radius 2 is 1.93 bits per heavy atom. The van der Waals surface area contributed by atoms with Crippen molar-refractivity contribution in [3.8, 4) is 0 Å². The highest BCUT2D eigenvalue weighted by Gasteiger charge is 2.19. The quantitative estimate of drug-likeness (QED) is 0.499. The van der Waals surface area contributed by atoms with Gasteiger partial charge in [0.15, 0.2) is 0 Å². The lowest BCUT2D eigenvalue weighted by molar-refractivity contribution is 0.0675. The number of amides is 1. The van der Waals surface area contributed by atoms with Crippen LogP contribution in [0.25, 0.3) is 0 Å². The van der Waals surface area contributed by atoms with E-state index in [2.05, 4.69) is 63.9 Å². The van der Waals surface area contributed by atoms with Crippen LogP contribution in [-0.2, 0) is 17.8 Å². The molecule has 1 aromatic heterocycles. The molecule has 0 atom stereocenters. The number of carbonyl (C=O) groups is 1. The molecule has 2 aromatic carbocycles. The molecule has 0 aliphatic heterocycles. The SMILES string of the molecule is COCCN(Cc1cccn1Cc1cccc(C)c1)C(=O)c1ccccc1Br. The van der Waals surface area contributed by atoms with Crippen molar-refractivity contribution >= 4 is 21.8 Å². The van der Waals surface area contributed by atoms with Crippen LogP contribution in [0.5, 0.6) is 0 Å². The van der Waals surface area contributed by atoms with Crippen LogP contribution in [0.1, 0.15) is 27.2 Å². The topological polar surface area (TPSA) is 34.5 Å². The van der Waals surface area contributed by atoms with Gasteiger partial charge in [-0.2, -0.15) is 0 Å². The smallest absolute Gasteiger partial charge is 0.255 e. The van der Waals surface area contributed by atoms with Crippen molar-refractivity contribution in [1.82, 2.24) is 9.47 Å². The second kappa shape index (κ2) is 9.71. The summed E-state index contributed by atoms with van der Waals surface area (Å²) in [4.78, 5) is 15.0. The Labute approximate surface area is 174 Å². The zero-order chi connectivity index (χ0) is 19.9. The number of ether oxygens (including phenoxy) is 1. The molecule has 28 heavy (non-hydrogen) atoms. The average molecular weight is 441 g/mol. The predicted octanol–water partition coefficient (Wildman–Crippen LogP) is 4.90. The van der Waals surface area contributed by atoms with Crippen molar-refractivity contribution in [3.05, 3.63) is 93.7 Å². The summed E-state index contributed by atoms with van der Waals surface area (Å²) in [6.45, 7) is 4.44. The fourth-order valence-corrected chi connectivity index (χ4v) is 3.66. The monoisotopic (exact) mass is 440 g/mol. The normalized spacial score (nSPS) is 10.8. The van der Waals surface area contributed by atoms with E-state index < -0.39 is 0 Å². The van der Waals surface area contributed by atoms with E-state index in [9.17, 15) is 4.79 Å². The Kier molecular flexibility index (Phi) is 7.06. The van der Waals surface area contributed by atoms with Gasteiger partial charge in [0.1, 0.15) is 0 Å². The van der Waals surface area contributed by atoms with Gasteiger partial charge in [0.05, 0.1) is 18.7 Å². The van der Waals surface area contributed by atoms with Crippen molar-refractivity contribution in [2.45, 2.75) is 20.0 Å². The molecule has 1 amide bonds. The molecule has 0 saturated carbocycles. The van der Waals surface area contributed by atoms with Crippen molar-refractivity contribution < 1.29 is 9.53 Å². The van der Waals surface area contributed by atoms with Gasteiger partial charge in [-0.05, 0) is 52.7 Å². The van der Waals surface area contributed by atoms with Gasteiger partial charge in [-0.15, -0.1) is 0 Å². The average Bonchev–Trinajstić information content (AvgIpc) is 3.11. The summed E-state index contributed by atoms with van der Waals surface area (Å²) in [6.07, 6.45) is 2.06. The molecule has 0 spiro atoms. The Hall–Kier alpha value is -2.37. The molecule has 3 aromatic rings. The van der Waals surface area contributed by atoms with E-state index in [-0.39, 0.29) is 5.91 Å². The first-order valence-electron chi connectivity index (χ1n) is 9.31. The number of hydrogen-bond donors (Lipinski definition) is 0. The highest BCUT2D eigenvalue weighted by Crippen LogP contribution is 2.20. The highest BCUT2D eigenvalue weighted by atomic mass is 79.9. The third-order valence-corrected chi connectivity index (χ3v) is 5.36. The van der Waals surface area contributed by atoms with Crippen LogP contribution in [0.2, 0.25) is 0 Å². The number of aromatic nitrogens is 1. The standard InChI is InChI=1S/C23H25BrN2O2/c1-18-7-5-8-19(15-18)16-25-12-6-9-20(25)17-26(13-14-28-2)23(27)21-10-3-4-11-22(21)24/h3-12,15H,13-14,16-17H2,1-2H3. The number of hydrogen-bond acceptors (Lipinski definition) is 2. The van der Waals surface area contributed by atoms with E-state index in [0.717, 1.165) is 16.7 Å². The summed E-state index contributed by atoms with van der Waals surface area (Å²) < 4.78 is 8.23. The van der Waals surface area contributed by atoms with E-state index in [1.807, 2.05) is 35.2 Å². The maximum Gasteiger partial charge on any atom is 0.255 e. The van der Waals surface area contributed by atoms with Gasteiger partial charge in [0.25, 0.3) is 5.91 Å². The zero-order valence-corrected chi connectivity index (χ0v) is 17.9. The summed E-state index contributed by atoms with van der Waals surface area (Å²) in [6, 6.07) is 20.1. The summed E-state index contributed by atoms with van der Waals surface area (Å²) in [5.74, 6) is -0.00664. The molecule has 0 N–H and O–H groups in total. The lowest BCUT2D eigenvalue weighted by atomic mass is 10.1. The van der Waals surface area contributed by atoms with Crippen molar-refractivity contribution in [2.24, 2.45) is 0 Å². The first-order chi connectivity index (χ1) is 13.6. The van der Waals surface area contributed by atoms with Gasteiger partial charge < -0.3 is 14.2 Å². The van der Waals surface area contributed by atoms with E-state index in [0.29, 0.717) is 25.3 Å². The fraction of sp³-hybridized carbons (Fsp3) is 0.261. The molecule has 0 aliphatic rings. The maximum absolute atomic E-state index is 13.1. The molecule has 0 unspecified atom stereocenters. The van der Waals surface area contributed by atoms with Crippen LogP contribution in [0.15, 0.2) is 71.3 Å². The van der Waals surface area contributed by atoms with Crippen LogP contribution < -0.4 is 0 Å². The lowest BCUT2D eigenvalue weighted by Gasteiger charge is -2.24. The number of halogens is 1. The van der Waals surface area contributed by atoms with Crippen molar-refractivity contribution in [1.29, 1.82) is 0 Å². The minimum atomic E-state index is -0.00664. The molecule has 5 heteroatoms. The molecule has 4 nitrogen and oxygen atoms in total. The van der Waals surface area contributed by atoms with Crippen molar-refractivity contribution in [2.75, 3.05) is 20.3 Å². The molecule has 0 bridgehead atoms. The van der Waals surface area contributed by atoms with Gasteiger partial charge in [0.2, 0.25) is 0 Å². The Bertz CT molecular complexity index is 936. The van der Waals surface area contributed by atoms with Crippen LogP contribution in [-0.4, -0.2) is 35.6 Å². The van der Waals surface area contributed by atoms with Gasteiger partial charge in [-0.25, -0.2) is 0 Å². The number of carbonyl (C=O) groups excluding carboxylic acids is 1. The first-order valence-corrected chi connectivity index (χ1v) is 10.1. The number of rotatable bonds is 8. The number of methoxy groups -OCH3 is 1. The summed E-state index contributed by atoms with van der Waals surface area (Å²) in [5, 5.41) is 0. The van der Waals surface area contributed by atoms with Crippen LogP contribution in [0.3, 0.4) is 0 Å². The Balaban J connectivity index is 1.81. The van der Waals surface area contributed by atoms with Crippen LogP contribution in [0.4, 0.5) is 0 Å². The number of nitrogens with zero attached hydrogens (tertiary/aromatic N) is 2. The zero-order valence-electron chi connectivity index (χ0n) is 16.3. The first kappa shape index (κ1) is 20.4. The minimum Gasteiger partial charge on any atom is -0.383 e. The summed E-state index contributed by atoms with van der Waals surface area (Å²) >= 11 is 3.49. The van der Waals surface area contributed by atoms with Crippen LogP contribution in [0, 0.1) is 6.92 Å². The van der Waals surface area contributed by atoms with Gasteiger partial charge in [-0.3, -0.25) is 4.79 Å². The molecule has 0 radical (unpaired) electrons. The molecule has 1 heterocycles.